The van der Waals surface area contributed by atoms with E-state index in [1.165, 1.54) is 11.1 Å². The van der Waals surface area contributed by atoms with E-state index in [0.29, 0.717) is 23.6 Å². The number of hydrogen-bond acceptors (Lipinski definition) is 5. The maximum atomic E-state index is 12.9. The van der Waals surface area contributed by atoms with E-state index < -0.39 is 0 Å². The predicted octanol–water partition coefficient (Wildman–Crippen LogP) is 3.63. The van der Waals surface area contributed by atoms with Gasteiger partial charge in [0.2, 0.25) is 0 Å². The van der Waals surface area contributed by atoms with Crippen LogP contribution >= 0.6 is 0 Å². The molecule has 4 rings (SSSR count). The molecule has 1 unspecified atom stereocenters. The Balaban J connectivity index is 1.52. The van der Waals surface area contributed by atoms with Gasteiger partial charge in [-0.05, 0) is 47.4 Å². The molecule has 1 aromatic heterocycles. The molecule has 0 aliphatic carbocycles. The van der Waals surface area contributed by atoms with Crippen LogP contribution in [0.1, 0.15) is 33.1 Å². The van der Waals surface area contributed by atoms with E-state index in [1.807, 2.05) is 12.3 Å². The summed E-state index contributed by atoms with van der Waals surface area (Å²) in [6.45, 7) is 2.27. The highest BCUT2D eigenvalue weighted by Crippen LogP contribution is 2.29. The summed E-state index contributed by atoms with van der Waals surface area (Å²) in [5, 5.41) is 3.10. The van der Waals surface area contributed by atoms with Crippen molar-refractivity contribution in [3.63, 3.8) is 0 Å². The Morgan fingerprint density at radius 2 is 1.87 bits per heavy atom. The Morgan fingerprint density at radius 3 is 2.61 bits per heavy atom. The summed E-state index contributed by atoms with van der Waals surface area (Å²) in [4.78, 5) is 19.6. The number of nitrogens with one attached hydrogen (secondary N) is 1. The number of methoxy groups -OCH3 is 2. The fourth-order valence-corrected chi connectivity index (χ4v) is 4.08. The number of benzene rings is 2. The van der Waals surface area contributed by atoms with Gasteiger partial charge in [0.1, 0.15) is 0 Å². The summed E-state index contributed by atoms with van der Waals surface area (Å²) in [5.74, 6) is 0.984. The molecule has 0 saturated heterocycles. The van der Waals surface area contributed by atoms with Crippen molar-refractivity contribution in [3.8, 4) is 11.5 Å². The molecule has 1 aliphatic rings. The van der Waals surface area contributed by atoms with Crippen LogP contribution in [0.15, 0.2) is 67.0 Å². The number of aromatic nitrogens is 1. The van der Waals surface area contributed by atoms with Gasteiger partial charge in [0.25, 0.3) is 5.91 Å². The molecule has 3 aromatic rings. The first-order chi connectivity index (χ1) is 15.2. The average molecular weight is 418 g/mol. The van der Waals surface area contributed by atoms with E-state index in [4.69, 9.17) is 9.47 Å². The predicted molar refractivity (Wildman–Crippen MR) is 119 cm³/mol. The van der Waals surface area contributed by atoms with Crippen molar-refractivity contribution in [1.29, 1.82) is 0 Å². The number of carbonyl (C=O) groups is 1. The zero-order valence-corrected chi connectivity index (χ0v) is 17.9. The van der Waals surface area contributed by atoms with Gasteiger partial charge < -0.3 is 14.8 Å². The molecule has 0 bridgehead atoms. The lowest BCUT2D eigenvalue weighted by Gasteiger charge is -2.36. The standard InChI is InChI=1S/C25H27N3O3/c1-30-23-10-9-19(14-24(23)31-2)25(29)27-16-22(20-8-5-12-26-15-20)28-13-11-18-6-3-4-7-21(18)17-28/h3-10,12,14-15,22H,11,13,16-17H2,1-2H3,(H,27,29). The van der Waals surface area contributed by atoms with Crippen molar-refractivity contribution in [2.24, 2.45) is 0 Å². The molecule has 2 heterocycles. The first-order valence-electron chi connectivity index (χ1n) is 10.4. The average Bonchev–Trinajstić information content (AvgIpc) is 2.84. The normalized spacial score (nSPS) is 14.4. The van der Waals surface area contributed by atoms with Crippen LogP contribution in [0.4, 0.5) is 0 Å². The lowest BCUT2D eigenvalue weighted by Crippen LogP contribution is -2.40. The molecule has 160 valence electrons. The molecule has 1 atom stereocenters. The second kappa shape index (κ2) is 9.62. The highest BCUT2D eigenvalue weighted by molar-refractivity contribution is 5.94. The SMILES string of the molecule is COc1ccc(C(=O)NCC(c2cccnc2)N2CCc3ccccc3C2)cc1OC. The van der Waals surface area contributed by atoms with Crippen LogP contribution in [0.3, 0.4) is 0 Å². The first kappa shape index (κ1) is 20.9. The van der Waals surface area contributed by atoms with Gasteiger partial charge in [-0.3, -0.25) is 14.7 Å². The molecule has 0 saturated carbocycles. The number of ether oxygens (including phenoxy) is 2. The number of nitrogens with zero attached hydrogens (tertiary/aromatic N) is 2. The number of pyridine rings is 1. The Kier molecular flexibility index (Phi) is 6.48. The minimum absolute atomic E-state index is 0.0335. The molecule has 0 radical (unpaired) electrons. The fourth-order valence-electron chi connectivity index (χ4n) is 4.08. The number of carbonyl (C=O) groups excluding carboxylic acids is 1. The summed E-state index contributed by atoms with van der Waals surface area (Å²) in [5.41, 5.74) is 4.37. The van der Waals surface area contributed by atoms with Gasteiger partial charge >= 0.3 is 0 Å². The van der Waals surface area contributed by atoms with E-state index in [2.05, 4.69) is 45.5 Å². The smallest absolute Gasteiger partial charge is 0.251 e. The number of amides is 1. The molecule has 6 heteroatoms. The Bertz CT molecular complexity index is 1040. The summed E-state index contributed by atoms with van der Waals surface area (Å²) >= 11 is 0. The van der Waals surface area contributed by atoms with Gasteiger partial charge in [0.15, 0.2) is 11.5 Å². The number of hydrogen-bond donors (Lipinski definition) is 1. The summed E-state index contributed by atoms with van der Waals surface area (Å²) < 4.78 is 10.6. The van der Waals surface area contributed by atoms with Gasteiger partial charge in [-0.1, -0.05) is 30.3 Å². The van der Waals surface area contributed by atoms with Gasteiger partial charge in [-0.2, -0.15) is 0 Å². The van der Waals surface area contributed by atoms with Crippen LogP contribution in [0, 0.1) is 0 Å². The van der Waals surface area contributed by atoms with Crippen LogP contribution in [-0.2, 0) is 13.0 Å². The van der Waals surface area contributed by atoms with Crippen LogP contribution in [0.5, 0.6) is 11.5 Å². The topological polar surface area (TPSA) is 63.7 Å². The molecule has 1 aliphatic heterocycles. The summed E-state index contributed by atoms with van der Waals surface area (Å²) in [6, 6.07) is 17.8. The monoisotopic (exact) mass is 417 g/mol. The second-order valence-electron chi connectivity index (χ2n) is 7.57. The van der Waals surface area contributed by atoms with E-state index in [1.54, 1.807) is 38.6 Å². The second-order valence-corrected chi connectivity index (χ2v) is 7.57. The Hall–Kier alpha value is -3.38. The van der Waals surface area contributed by atoms with Gasteiger partial charge in [-0.15, -0.1) is 0 Å². The Morgan fingerprint density at radius 1 is 1.06 bits per heavy atom. The maximum absolute atomic E-state index is 12.9. The van der Waals surface area contributed by atoms with Crippen molar-refractivity contribution in [1.82, 2.24) is 15.2 Å². The third-order valence-corrected chi connectivity index (χ3v) is 5.77. The molecular weight excluding hydrogens is 390 g/mol. The lowest BCUT2D eigenvalue weighted by atomic mass is 9.97. The van der Waals surface area contributed by atoms with Crippen LogP contribution in [0.2, 0.25) is 0 Å². The minimum atomic E-state index is -0.146. The summed E-state index contributed by atoms with van der Waals surface area (Å²) in [6.07, 6.45) is 4.65. The Labute approximate surface area is 182 Å². The van der Waals surface area contributed by atoms with Crippen molar-refractivity contribution in [2.75, 3.05) is 27.3 Å². The third kappa shape index (κ3) is 4.70. The lowest BCUT2D eigenvalue weighted by molar-refractivity contribution is 0.0927. The molecule has 1 N–H and O–H groups in total. The highest BCUT2D eigenvalue weighted by Gasteiger charge is 2.25. The molecule has 0 fully saturated rings. The van der Waals surface area contributed by atoms with E-state index in [9.17, 15) is 4.79 Å². The van der Waals surface area contributed by atoms with Crippen LogP contribution in [0.25, 0.3) is 0 Å². The molecule has 1 amide bonds. The van der Waals surface area contributed by atoms with Crippen LogP contribution in [-0.4, -0.2) is 43.1 Å². The molecule has 31 heavy (non-hydrogen) atoms. The zero-order chi connectivity index (χ0) is 21.6. The van der Waals surface area contributed by atoms with Gasteiger partial charge in [0, 0.05) is 37.6 Å². The maximum Gasteiger partial charge on any atom is 0.251 e. The highest BCUT2D eigenvalue weighted by atomic mass is 16.5. The van der Waals surface area contributed by atoms with Crippen molar-refractivity contribution in [3.05, 3.63) is 89.2 Å². The van der Waals surface area contributed by atoms with E-state index in [0.717, 1.165) is 25.1 Å². The molecule has 0 spiro atoms. The van der Waals surface area contributed by atoms with E-state index in [-0.39, 0.29) is 11.9 Å². The number of fused-ring (bicyclic) bond motifs is 1. The van der Waals surface area contributed by atoms with Crippen molar-refractivity contribution in [2.45, 2.75) is 19.0 Å². The third-order valence-electron chi connectivity index (χ3n) is 5.77. The van der Waals surface area contributed by atoms with Crippen LogP contribution < -0.4 is 14.8 Å². The minimum Gasteiger partial charge on any atom is -0.493 e. The largest absolute Gasteiger partial charge is 0.493 e. The van der Waals surface area contributed by atoms with Crippen molar-refractivity contribution < 1.29 is 14.3 Å². The number of rotatable bonds is 7. The first-order valence-corrected chi connectivity index (χ1v) is 10.4. The molecular formula is C25H27N3O3. The quantitative estimate of drug-likeness (QED) is 0.636. The zero-order valence-electron chi connectivity index (χ0n) is 17.9. The summed E-state index contributed by atoms with van der Waals surface area (Å²) in [7, 11) is 3.14. The van der Waals surface area contributed by atoms with Gasteiger partial charge in [0.05, 0.1) is 20.3 Å². The molecule has 6 nitrogen and oxygen atoms in total. The van der Waals surface area contributed by atoms with Gasteiger partial charge in [-0.25, -0.2) is 0 Å². The molecule has 2 aromatic carbocycles. The fraction of sp³-hybridized carbons (Fsp3) is 0.280. The van der Waals surface area contributed by atoms with E-state index >= 15 is 0 Å². The van der Waals surface area contributed by atoms with Crippen molar-refractivity contribution >= 4 is 5.91 Å².